The number of rotatable bonds is 5. The molecule has 0 amide bonds. The minimum atomic E-state index is 0.503. The molecule has 20 heavy (non-hydrogen) atoms. The fraction of sp³-hybridized carbons (Fsp3) is 0.357. The summed E-state index contributed by atoms with van der Waals surface area (Å²) in [6.07, 6.45) is 0. The number of nitrogens with two attached hydrogens (primary N) is 1. The summed E-state index contributed by atoms with van der Waals surface area (Å²) >= 11 is 0. The van der Waals surface area contributed by atoms with Gasteiger partial charge in [-0.1, -0.05) is 0 Å². The van der Waals surface area contributed by atoms with E-state index in [-0.39, 0.29) is 0 Å². The van der Waals surface area contributed by atoms with Gasteiger partial charge in [0.2, 0.25) is 5.75 Å². The first-order valence-corrected chi connectivity index (χ1v) is 6.18. The van der Waals surface area contributed by atoms with Gasteiger partial charge in [-0.25, -0.2) is 4.68 Å². The third kappa shape index (κ3) is 2.49. The molecule has 0 aliphatic heterocycles. The number of aromatic nitrogens is 2. The Morgan fingerprint density at radius 1 is 1.10 bits per heavy atom. The quantitative estimate of drug-likeness (QED) is 0.903. The van der Waals surface area contributed by atoms with E-state index < -0.39 is 0 Å². The molecule has 0 fully saturated rings. The third-order valence-electron chi connectivity index (χ3n) is 3.04. The number of anilines is 1. The monoisotopic (exact) mass is 277 g/mol. The average molecular weight is 277 g/mol. The van der Waals surface area contributed by atoms with Crippen molar-refractivity contribution in [1.29, 1.82) is 0 Å². The van der Waals surface area contributed by atoms with E-state index in [0.717, 1.165) is 11.3 Å². The standard InChI is InChI=1S/C14H19N3O3/c1-9-7-12(15)17(16-9)8-10-5-6-11(18-2)14(20-4)13(10)19-3/h5-7H,8,15H2,1-4H3. The van der Waals surface area contributed by atoms with E-state index in [2.05, 4.69) is 5.10 Å². The minimum Gasteiger partial charge on any atom is -0.493 e. The summed E-state index contributed by atoms with van der Waals surface area (Å²) in [5, 5.41) is 4.34. The van der Waals surface area contributed by atoms with E-state index in [9.17, 15) is 0 Å². The Labute approximate surface area is 118 Å². The van der Waals surface area contributed by atoms with Gasteiger partial charge in [-0.3, -0.25) is 0 Å². The van der Waals surface area contributed by atoms with Gasteiger partial charge in [0, 0.05) is 11.6 Å². The number of methoxy groups -OCH3 is 3. The zero-order chi connectivity index (χ0) is 14.7. The van der Waals surface area contributed by atoms with Gasteiger partial charge in [0.1, 0.15) is 5.82 Å². The Hall–Kier alpha value is -2.37. The second-order valence-electron chi connectivity index (χ2n) is 4.36. The molecule has 108 valence electrons. The van der Waals surface area contributed by atoms with Gasteiger partial charge >= 0.3 is 0 Å². The smallest absolute Gasteiger partial charge is 0.203 e. The van der Waals surface area contributed by atoms with Crippen LogP contribution in [0.1, 0.15) is 11.3 Å². The summed E-state index contributed by atoms with van der Waals surface area (Å²) < 4.78 is 17.8. The van der Waals surface area contributed by atoms with Crippen LogP contribution in [0.3, 0.4) is 0 Å². The number of ether oxygens (including phenoxy) is 3. The van der Waals surface area contributed by atoms with Gasteiger partial charge in [-0.15, -0.1) is 0 Å². The van der Waals surface area contributed by atoms with Crippen LogP contribution in [0.2, 0.25) is 0 Å². The lowest BCUT2D eigenvalue weighted by atomic mass is 10.1. The normalized spacial score (nSPS) is 10.4. The van der Waals surface area contributed by atoms with Crippen molar-refractivity contribution in [2.45, 2.75) is 13.5 Å². The molecule has 0 aliphatic carbocycles. The van der Waals surface area contributed by atoms with E-state index in [0.29, 0.717) is 29.6 Å². The molecule has 0 unspecified atom stereocenters. The zero-order valence-electron chi connectivity index (χ0n) is 12.1. The Morgan fingerprint density at radius 2 is 1.80 bits per heavy atom. The SMILES string of the molecule is COc1ccc(Cn2nc(C)cc2N)c(OC)c1OC. The number of hydrogen-bond donors (Lipinski definition) is 1. The van der Waals surface area contributed by atoms with Gasteiger partial charge < -0.3 is 19.9 Å². The molecule has 2 N–H and O–H groups in total. The molecule has 0 aliphatic rings. The maximum atomic E-state index is 5.91. The van der Waals surface area contributed by atoms with Gasteiger partial charge in [0.25, 0.3) is 0 Å². The second kappa shape index (κ2) is 5.73. The summed E-state index contributed by atoms with van der Waals surface area (Å²) in [4.78, 5) is 0. The van der Waals surface area contributed by atoms with Crippen LogP contribution in [0, 0.1) is 6.92 Å². The van der Waals surface area contributed by atoms with E-state index in [4.69, 9.17) is 19.9 Å². The van der Waals surface area contributed by atoms with Crippen molar-refractivity contribution >= 4 is 5.82 Å². The zero-order valence-corrected chi connectivity index (χ0v) is 12.1. The molecule has 0 radical (unpaired) electrons. The molecule has 1 aromatic carbocycles. The fourth-order valence-electron chi connectivity index (χ4n) is 2.14. The van der Waals surface area contributed by atoms with Gasteiger partial charge in [-0.2, -0.15) is 5.10 Å². The van der Waals surface area contributed by atoms with Gasteiger partial charge in [0.15, 0.2) is 11.5 Å². The van der Waals surface area contributed by atoms with Crippen LogP contribution in [0.4, 0.5) is 5.82 Å². The van der Waals surface area contributed by atoms with Crippen LogP contribution in [-0.4, -0.2) is 31.1 Å². The molecule has 0 bridgehead atoms. The molecule has 1 aromatic heterocycles. The molecule has 2 aromatic rings. The molecule has 6 nitrogen and oxygen atoms in total. The van der Waals surface area contributed by atoms with Gasteiger partial charge in [-0.05, 0) is 19.1 Å². The van der Waals surface area contributed by atoms with Crippen molar-refractivity contribution in [1.82, 2.24) is 9.78 Å². The van der Waals surface area contributed by atoms with Crippen molar-refractivity contribution in [3.05, 3.63) is 29.5 Å². The van der Waals surface area contributed by atoms with Crippen molar-refractivity contribution in [2.75, 3.05) is 27.1 Å². The number of aryl methyl sites for hydroxylation is 1. The molecule has 2 rings (SSSR count). The number of nitrogen functional groups attached to an aromatic ring is 1. The minimum absolute atomic E-state index is 0.503. The van der Waals surface area contributed by atoms with Crippen LogP contribution in [-0.2, 0) is 6.54 Å². The molecular formula is C14H19N3O3. The van der Waals surface area contributed by atoms with Crippen LogP contribution < -0.4 is 19.9 Å². The summed E-state index contributed by atoms with van der Waals surface area (Å²) in [5.41, 5.74) is 7.70. The second-order valence-corrected chi connectivity index (χ2v) is 4.36. The molecule has 0 saturated heterocycles. The first-order chi connectivity index (χ1) is 9.60. The van der Waals surface area contributed by atoms with Crippen LogP contribution >= 0.6 is 0 Å². The lowest BCUT2D eigenvalue weighted by Crippen LogP contribution is -2.08. The highest BCUT2D eigenvalue weighted by molar-refractivity contribution is 5.56. The summed E-state index contributed by atoms with van der Waals surface area (Å²) in [7, 11) is 4.76. The maximum absolute atomic E-state index is 5.91. The number of hydrogen-bond acceptors (Lipinski definition) is 5. The molecule has 1 heterocycles. The van der Waals surface area contributed by atoms with Crippen molar-refractivity contribution < 1.29 is 14.2 Å². The average Bonchev–Trinajstić information content (AvgIpc) is 2.76. The van der Waals surface area contributed by atoms with Crippen molar-refractivity contribution in [2.24, 2.45) is 0 Å². The number of nitrogens with zero attached hydrogens (tertiary/aromatic N) is 2. The van der Waals surface area contributed by atoms with Crippen LogP contribution in [0.5, 0.6) is 17.2 Å². The molecule has 0 saturated carbocycles. The Morgan fingerprint density at radius 3 is 2.30 bits per heavy atom. The first kappa shape index (κ1) is 14.0. The Bertz CT molecular complexity index is 608. The largest absolute Gasteiger partial charge is 0.493 e. The van der Waals surface area contributed by atoms with E-state index in [1.54, 1.807) is 26.0 Å². The van der Waals surface area contributed by atoms with Gasteiger partial charge in [0.05, 0.1) is 33.6 Å². The predicted molar refractivity (Wildman–Crippen MR) is 76.6 cm³/mol. The predicted octanol–water partition coefficient (Wildman–Crippen LogP) is 1.85. The first-order valence-electron chi connectivity index (χ1n) is 6.18. The molecule has 6 heteroatoms. The lowest BCUT2D eigenvalue weighted by Gasteiger charge is -2.16. The van der Waals surface area contributed by atoms with E-state index in [1.807, 2.05) is 25.1 Å². The molecule has 0 atom stereocenters. The van der Waals surface area contributed by atoms with E-state index in [1.165, 1.54) is 0 Å². The van der Waals surface area contributed by atoms with Crippen molar-refractivity contribution in [3.8, 4) is 17.2 Å². The fourth-order valence-corrected chi connectivity index (χ4v) is 2.14. The maximum Gasteiger partial charge on any atom is 0.203 e. The third-order valence-corrected chi connectivity index (χ3v) is 3.04. The highest BCUT2D eigenvalue weighted by atomic mass is 16.5. The molecule has 0 spiro atoms. The molecular weight excluding hydrogens is 258 g/mol. The van der Waals surface area contributed by atoms with Crippen molar-refractivity contribution in [3.63, 3.8) is 0 Å². The Kier molecular flexibility index (Phi) is 4.02. The van der Waals surface area contributed by atoms with Crippen LogP contribution in [0.25, 0.3) is 0 Å². The summed E-state index contributed by atoms with van der Waals surface area (Å²) in [6, 6.07) is 5.58. The topological polar surface area (TPSA) is 71.5 Å². The highest BCUT2D eigenvalue weighted by Crippen LogP contribution is 2.40. The van der Waals surface area contributed by atoms with E-state index >= 15 is 0 Å². The lowest BCUT2D eigenvalue weighted by molar-refractivity contribution is 0.321. The highest BCUT2D eigenvalue weighted by Gasteiger charge is 2.16. The summed E-state index contributed by atoms with van der Waals surface area (Å²) in [6.45, 7) is 2.40. The number of benzene rings is 1. The Balaban J connectivity index is 2.44. The summed E-state index contributed by atoms with van der Waals surface area (Å²) in [5.74, 6) is 2.42. The van der Waals surface area contributed by atoms with Crippen LogP contribution in [0.15, 0.2) is 18.2 Å².